The first kappa shape index (κ1) is 15.7. The molecule has 0 saturated carbocycles. The van der Waals surface area contributed by atoms with E-state index in [9.17, 15) is 0 Å². The van der Waals surface area contributed by atoms with Gasteiger partial charge in [-0.15, -0.1) is 11.3 Å². The molecule has 0 saturated heterocycles. The highest BCUT2D eigenvalue weighted by Crippen LogP contribution is 2.38. The molecule has 0 atom stereocenters. The molecule has 4 nitrogen and oxygen atoms in total. The molecule has 3 rings (SSSR count). The van der Waals surface area contributed by atoms with Gasteiger partial charge in [-0.25, -0.2) is 9.97 Å². The van der Waals surface area contributed by atoms with Gasteiger partial charge in [0.15, 0.2) is 0 Å². The lowest BCUT2D eigenvalue weighted by molar-refractivity contribution is 0.316. The van der Waals surface area contributed by atoms with E-state index in [2.05, 4.69) is 29.0 Å². The monoisotopic (exact) mass is 318 g/mol. The zero-order valence-corrected chi connectivity index (χ0v) is 14.7. The van der Waals surface area contributed by atoms with Crippen molar-refractivity contribution < 1.29 is 0 Å². The molecule has 2 aromatic rings. The van der Waals surface area contributed by atoms with E-state index in [4.69, 9.17) is 4.98 Å². The molecule has 1 aliphatic rings. The first-order valence-corrected chi connectivity index (χ1v) is 9.29. The summed E-state index contributed by atoms with van der Waals surface area (Å²) in [5.41, 5.74) is 1.51. The van der Waals surface area contributed by atoms with Gasteiger partial charge in [-0.05, 0) is 51.3 Å². The smallest absolute Gasteiger partial charge is 0.138 e. The Hall–Kier alpha value is -1.20. The number of fused-ring (bicyclic) bond motifs is 3. The van der Waals surface area contributed by atoms with Gasteiger partial charge in [-0.1, -0.05) is 13.8 Å². The van der Waals surface area contributed by atoms with Gasteiger partial charge in [0, 0.05) is 18.0 Å². The second kappa shape index (κ2) is 6.92. The fraction of sp³-hybridized carbons (Fsp3) is 0.647. The van der Waals surface area contributed by atoms with Gasteiger partial charge < -0.3 is 10.2 Å². The molecule has 2 heterocycles. The average molecular weight is 318 g/mol. The number of likely N-dealkylation sites (N-methyl/N-ethyl adjacent to an activating group) is 1. The number of hydrogen-bond donors (Lipinski definition) is 1. The molecule has 1 aliphatic carbocycles. The van der Waals surface area contributed by atoms with Crippen LogP contribution in [0.1, 0.15) is 43.0 Å². The van der Waals surface area contributed by atoms with Crippen LogP contribution in [-0.4, -0.2) is 41.0 Å². The SMILES string of the molecule is CCN(CC)CCNc1nc(C)nc2sc3c(c12)CCCC3. The summed E-state index contributed by atoms with van der Waals surface area (Å²) in [4.78, 5) is 14.5. The largest absolute Gasteiger partial charge is 0.368 e. The Morgan fingerprint density at radius 1 is 1.14 bits per heavy atom. The van der Waals surface area contributed by atoms with Crippen LogP contribution in [0.15, 0.2) is 0 Å². The van der Waals surface area contributed by atoms with Crippen molar-refractivity contribution in [1.29, 1.82) is 0 Å². The number of aryl methyl sites for hydroxylation is 3. The molecule has 0 radical (unpaired) electrons. The number of aromatic nitrogens is 2. The Balaban J connectivity index is 1.86. The number of anilines is 1. The first-order chi connectivity index (χ1) is 10.7. The van der Waals surface area contributed by atoms with Gasteiger partial charge in [0.25, 0.3) is 0 Å². The van der Waals surface area contributed by atoms with Crippen molar-refractivity contribution in [1.82, 2.24) is 14.9 Å². The predicted octanol–water partition coefficient (Wildman–Crippen LogP) is 3.63. The lowest BCUT2D eigenvalue weighted by Gasteiger charge is -2.19. The van der Waals surface area contributed by atoms with Crippen LogP contribution in [0.4, 0.5) is 5.82 Å². The molecule has 0 aromatic carbocycles. The second-order valence-corrected chi connectivity index (χ2v) is 7.05. The molecule has 1 N–H and O–H groups in total. The fourth-order valence-corrected chi connectivity index (χ4v) is 4.57. The maximum atomic E-state index is 4.70. The molecular formula is C17H26N4S. The summed E-state index contributed by atoms with van der Waals surface area (Å²) in [5, 5.41) is 4.87. The zero-order chi connectivity index (χ0) is 15.5. The van der Waals surface area contributed by atoms with Crippen LogP contribution in [0.3, 0.4) is 0 Å². The first-order valence-electron chi connectivity index (χ1n) is 8.48. The summed E-state index contributed by atoms with van der Waals surface area (Å²) < 4.78 is 0. The zero-order valence-electron chi connectivity index (χ0n) is 13.9. The number of nitrogens with zero attached hydrogens (tertiary/aromatic N) is 3. The van der Waals surface area contributed by atoms with Gasteiger partial charge in [0.05, 0.1) is 5.39 Å². The molecule has 0 aliphatic heterocycles. The van der Waals surface area contributed by atoms with Gasteiger partial charge in [0.2, 0.25) is 0 Å². The summed E-state index contributed by atoms with van der Waals surface area (Å²) in [6.45, 7) is 10.6. The number of rotatable bonds is 6. The van der Waals surface area contributed by atoms with Crippen molar-refractivity contribution in [3.63, 3.8) is 0 Å². The van der Waals surface area contributed by atoms with Gasteiger partial charge in [0.1, 0.15) is 16.5 Å². The molecule has 0 bridgehead atoms. The summed E-state index contributed by atoms with van der Waals surface area (Å²) in [6.07, 6.45) is 5.02. The minimum absolute atomic E-state index is 0.872. The quantitative estimate of drug-likeness (QED) is 0.883. The highest BCUT2D eigenvalue weighted by atomic mass is 32.1. The minimum atomic E-state index is 0.872. The number of hydrogen-bond acceptors (Lipinski definition) is 5. The van der Waals surface area contributed by atoms with Crippen molar-refractivity contribution in [2.24, 2.45) is 0 Å². The van der Waals surface area contributed by atoms with Crippen LogP contribution in [0.2, 0.25) is 0 Å². The molecule has 5 heteroatoms. The van der Waals surface area contributed by atoms with Crippen molar-refractivity contribution in [2.75, 3.05) is 31.5 Å². The lowest BCUT2D eigenvalue weighted by Crippen LogP contribution is -2.28. The van der Waals surface area contributed by atoms with Crippen molar-refractivity contribution in [3.05, 3.63) is 16.3 Å². The van der Waals surface area contributed by atoms with Crippen LogP contribution in [0, 0.1) is 6.92 Å². The average Bonchev–Trinajstić information content (AvgIpc) is 2.89. The Kier molecular flexibility index (Phi) is 4.93. The van der Waals surface area contributed by atoms with Gasteiger partial charge >= 0.3 is 0 Å². The van der Waals surface area contributed by atoms with Crippen molar-refractivity contribution >= 4 is 27.4 Å². The highest BCUT2D eigenvalue weighted by molar-refractivity contribution is 7.19. The summed E-state index contributed by atoms with van der Waals surface area (Å²) >= 11 is 1.88. The minimum Gasteiger partial charge on any atom is -0.368 e. The van der Waals surface area contributed by atoms with E-state index in [-0.39, 0.29) is 0 Å². The Morgan fingerprint density at radius 3 is 2.68 bits per heavy atom. The third-order valence-electron chi connectivity index (χ3n) is 4.54. The Morgan fingerprint density at radius 2 is 1.91 bits per heavy atom. The third kappa shape index (κ3) is 3.10. The van der Waals surface area contributed by atoms with Gasteiger partial charge in [-0.3, -0.25) is 0 Å². The molecule has 0 spiro atoms. The van der Waals surface area contributed by atoms with Crippen molar-refractivity contribution in [2.45, 2.75) is 46.5 Å². The third-order valence-corrected chi connectivity index (χ3v) is 5.73. The molecule has 0 amide bonds. The topological polar surface area (TPSA) is 41.0 Å². The van der Waals surface area contributed by atoms with Crippen LogP contribution in [-0.2, 0) is 12.8 Å². The number of thiophene rings is 1. The van der Waals surface area contributed by atoms with Crippen LogP contribution in [0.25, 0.3) is 10.2 Å². The predicted molar refractivity (Wildman–Crippen MR) is 95.1 cm³/mol. The maximum absolute atomic E-state index is 4.70. The van der Waals surface area contributed by atoms with E-state index < -0.39 is 0 Å². The molecular weight excluding hydrogens is 292 g/mol. The van der Waals surface area contributed by atoms with E-state index in [0.717, 1.165) is 37.8 Å². The van der Waals surface area contributed by atoms with E-state index in [1.807, 2.05) is 18.3 Å². The van der Waals surface area contributed by atoms with E-state index >= 15 is 0 Å². The summed E-state index contributed by atoms with van der Waals surface area (Å²) in [6, 6.07) is 0. The van der Waals surface area contributed by atoms with Crippen LogP contribution < -0.4 is 5.32 Å². The van der Waals surface area contributed by atoms with Gasteiger partial charge in [-0.2, -0.15) is 0 Å². The molecule has 120 valence electrons. The lowest BCUT2D eigenvalue weighted by atomic mass is 9.97. The second-order valence-electron chi connectivity index (χ2n) is 5.96. The normalized spacial score (nSPS) is 14.5. The molecule has 22 heavy (non-hydrogen) atoms. The fourth-order valence-electron chi connectivity index (χ4n) is 3.26. The van der Waals surface area contributed by atoms with Crippen molar-refractivity contribution in [3.8, 4) is 0 Å². The summed E-state index contributed by atoms with van der Waals surface area (Å²) in [5.74, 6) is 1.92. The number of nitrogens with one attached hydrogen (secondary N) is 1. The maximum Gasteiger partial charge on any atom is 0.138 e. The Labute approximate surface area is 137 Å². The molecule has 0 unspecified atom stereocenters. The standard InChI is InChI=1S/C17H26N4S/c1-4-21(5-2)11-10-18-16-15-13-8-6-7-9-14(13)22-17(15)20-12(3)19-16/h4-11H2,1-3H3,(H,18,19,20). The Bertz CT molecular complexity index is 646. The van der Waals surface area contributed by atoms with Crippen LogP contribution >= 0.6 is 11.3 Å². The van der Waals surface area contributed by atoms with E-state index in [1.54, 1.807) is 0 Å². The highest BCUT2D eigenvalue weighted by Gasteiger charge is 2.20. The molecule has 2 aromatic heterocycles. The van der Waals surface area contributed by atoms with Crippen LogP contribution in [0.5, 0.6) is 0 Å². The van der Waals surface area contributed by atoms with E-state index in [0.29, 0.717) is 0 Å². The summed E-state index contributed by atoms with van der Waals surface area (Å²) in [7, 11) is 0. The van der Waals surface area contributed by atoms with E-state index in [1.165, 1.54) is 46.3 Å². The molecule has 0 fully saturated rings.